The summed E-state index contributed by atoms with van der Waals surface area (Å²) in [5.41, 5.74) is -2.68. The number of aromatic hydroxyl groups is 2. The minimum absolute atomic E-state index is 0.00463. The zero-order valence-corrected chi connectivity index (χ0v) is 17.7. The Morgan fingerprint density at radius 2 is 1.25 bits per heavy atom. The predicted octanol–water partition coefficient (Wildman–Crippen LogP) is 1.59. The van der Waals surface area contributed by atoms with E-state index in [4.69, 9.17) is 9.47 Å². The molecule has 2 aliphatic carbocycles. The van der Waals surface area contributed by atoms with Gasteiger partial charge in [-0.3, -0.25) is 19.2 Å². The van der Waals surface area contributed by atoms with Gasteiger partial charge in [-0.25, -0.2) is 0 Å². The molecule has 0 fully saturated rings. The molecule has 0 unspecified atom stereocenters. The van der Waals surface area contributed by atoms with E-state index < -0.39 is 32.2 Å². The van der Waals surface area contributed by atoms with Crippen LogP contribution in [-0.4, -0.2) is 24.4 Å². The van der Waals surface area contributed by atoms with Crippen molar-refractivity contribution in [3.05, 3.63) is 86.7 Å². The molecule has 8 heteroatoms. The van der Waals surface area contributed by atoms with Crippen LogP contribution in [0.5, 0.6) is 23.0 Å². The number of phenolic OH excluding ortho intramolecular Hbond substituents is 2. The lowest BCUT2D eigenvalue weighted by atomic mass is 9.91. The van der Waals surface area contributed by atoms with Gasteiger partial charge in [0.15, 0.2) is 21.7 Å². The first kappa shape index (κ1) is 21.0. The summed E-state index contributed by atoms with van der Waals surface area (Å²) < 4.78 is 11.0. The topological polar surface area (TPSA) is 127 Å². The highest BCUT2D eigenvalue weighted by molar-refractivity contribution is 6.07. The molecule has 4 rings (SSSR count). The summed E-state index contributed by atoms with van der Waals surface area (Å²) >= 11 is 0. The van der Waals surface area contributed by atoms with Gasteiger partial charge < -0.3 is 19.7 Å². The van der Waals surface area contributed by atoms with Crippen LogP contribution in [0.1, 0.15) is 11.1 Å². The van der Waals surface area contributed by atoms with Crippen LogP contribution in [0.15, 0.2) is 43.4 Å². The molecule has 32 heavy (non-hydrogen) atoms. The van der Waals surface area contributed by atoms with Gasteiger partial charge in [-0.2, -0.15) is 0 Å². The van der Waals surface area contributed by atoms with Gasteiger partial charge in [-0.1, -0.05) is 0 Å². The SMILES string of the molecule is COc1c(C)c(-c2cc(=O)c3c(=O)cc(C)c(=O)c=3c2=O)c(OC)c2c(O)ccc(O)c12. The van der Waals surface area contributed by atoms with Crippen LogP contribution < -0.4 is 31.2 Å². The number of fused-ring (bicyclic) bond motifs is 1. The fourth-order valence-corrected chi connectivity index (χ4v) is 4.24. The maximum absolute atomic E-state index is 13.4. The normalized spacial score (nSPS) is 11.2. The number of ether oxygens (including phenoxy) is 2. The van der Waals surface area contributed by atoms with Crippen molar-refractivity contribution in [3.63, 3.8) is 0 Å². The van der Waals surface area contributed by atoms with Crippen molar-refractivity contribution < 1.29 is 19.7 Å². The largest absolute Gasteiger partial charge is 0.507 e. The molecule has 2 N–H and O–H groups in total. The molecule has 0 atom stereocenters. The maximum atomic E-state index is 13.4. The molecule has 0 aliphatic heterocycles. The van der Waals surface area contributed by atoms with E-state index in [2.05, 4.69) is 0 Å². The zero-order chi connectivity index (χ0) is 23.5. The second kappa shape index (κ2) is 7.19. The van der Waals surface area contributed by atoms with Crippen molar-refractivity contribution in [1.29, 1.82) is 0 Å². The third kappa shape index (κ3) is 2.69. The molecule has 2 aromatic carbocycles. The molecule has 0 saturated heterocycles. The highest BCUT2D eigenvalue weighted by Crippen LogP contribution is 2.50. The highest BCUT2D eigenvalue weighted by atomic mass is 16.5. The lowest BCUT2D eigenvalue weighted by Crippen LogP contribution is -2.30. The van der Waals surface area contributed by atoms with Gasteiger partial charge in [0.05, 0.1) is 35.4 Å². The van der Waals surface area contributed by atoms with Crippen LogP contribution in [0.2, 0.25) is 0 Å². The van der Waals surface area contributed by atoms with Crippen molar-refractivity contribution in [2.75, 3.05) is 14.2 Å². The molecule has 0 spiro atoms. The van der Waals surface area contributed by atoms with E-state index in [1.54, 1.807) is 6.92 Å². The summed E-state index contributed by atoms with van der Waals surface area (Å²) in [6.45, 7) is 2.98. The number of phenols is 2. The van der Waals surface area contributed by atoms with E-state index in [-0.39, 0.29) is 50.5 Å². The Hall–Kier alpha value is -4.20. The van der Waals surface area contributed by atoms with Crippen molar-refractivity contribution in [3.8, 4) is 34.1 Å². The molecule has 0 saturated carbocycles. The first-order valence-electron chi connectivity index (χ1n) is 9.55. The summed E-state index contributed by atoms with van der Waals surface area (Å²) in [5.74, 6) is -0.300. The molecule has 2 aliphatic rings. The Bertz CT molecular complexity index is 1710. The average Bonchev–Trinajstić information content (AvgIpc) is 2.75. The van der Waals surface area contributed by atoms with Gasteiger partial charge in [-0.15, -0.1) is 0 Å². The van der Waals surface area contributed by atoms with Crippen molar-refractivity contribution in [1.82, 2.24) is 0 Å². The Labute approximate surface area is 179 Å². The molecular weight excluding hydrogens is 416 g/mol. The third-order valence-electron chi connectivity index (χ3n) is 5.66. The van der Waals surface area contributed by atoms with Crippen molar-refractivity contribution in [2.45, 2.75) is 13.8 Å². The number of benzene rings is 2. The summed E-state index contributed by atoms with van der Waals surface area (Å²) in [6, 6.07) is 4.55. The van der Waals surface area contributed by atoms with E-state index in [1.165, 1.54) is 33.3 Å². The predicted molar refractivity (Wildman–Crippen MR) is 118 cm³/mol. The minimum Gasteiger partial charge on any atom is -0.507 e. The van der Waals surface area contributed by atoms with Crippen LogP contribution in [-0.2, 0) is 0 Å². The van der Waals surface area contributed by atoms with Crippen LogP contribution in [0.3, 0.4) is 0 Å². The van der Waals surface area contributed by atoms with Gasteiger partial charge in [-0.05, 0) is 38.1 Å². The lowest BCUT2D eigenvalue weighted by Gasteiger charge is -2.20. The Morgan fingerprint density at radius 3 is 1.81 bits per heavy atom. The molecule has 0 radical (unpaired) electrons. The van der Waals surface area contributed by atoms with E-state index in [0.29, 0.717) is 5.56 Å². The zero-order valence-electron chi connectivity index (χ0n) is 17.7. The van der Waals surface area contributed by atoms with Crippen LogP contribution in [0.4, 0.5) is 0 Å². The first-order valence-corrected chi connectivity index (χ1v) is 9.55. The van der Waals surface area contributed by atoms with E-state index in [1.807, 2.05) is 0 Å². The Morgan fingerprint density at radius 1 is 0.719 bits per heavy atom. The smallest absolute Gasteiger partial charge is 0.198 e. The highest BCUT2D eigenvalue weighted by Gasteiger charge is 2.26. The molecular formula is C24H18O8. The number of aryl methyl sites for hydroxylation is 1. The lowest BCUT2D eigenvalue weighted by molar-refractivity contribution is 0.403. The summed E-state index contributed by atoms with van der Waals surface area (Å²) in [4.78, 5) is 51.3. The Balaban J connectivity index is 2.36. The number of rotatable bonds is 3. The van der Waals surface area contributed by atoms with Gasteiger partial charge in [0.2, 0.25) is 0 Å². The third-order valence-corrected chi connectivity index (χ3v) is 5.66. The summed E-state index contributed by atoms with van der Waals surface area (Å²) in [6.07, 6.45) is 0. The maximum Gasteiger partial charge on any atom is 0.198 e. The van der Waals surface area contributed by atoms with Crippen LogP contribution >= 0.6 is 0 Å². The number of hydrogen-bond donors (Lipinski definition) is 2. The second-order valence-corrected chi connectivity index (χ2v) is 7.44. The van der Waals surface area contributed by atoms with Crippen molar-refractivity contribution >= 4 is 10.8 Å². The second-order valence-electron chi connectivity index (χ2n) is 7.44. The quantitative estimate of drug-likeness (QED) is 0.466. The van der Waals surface area contributed by atoms with Gasteiger partial charge >= 0.3 is 0 Å². The first-order chi connectivity index (χ1) is 15.1. The molecule has 0 amide bonds. The fraction of sp³-hybridized carbons (Fsp3) is 0.167. The average molecular weight is 434 g/mol. The molecule has 0 aromatic heterocycles. The Kier molecular flexibility index (Phi) is 4.73. The molecule has 0 heterocycles. The summed E-state index contributed by atoms with van der Waals surface area (Å²) in [5, 5.41) is 20.2. The minimum atomic E-state index is -0.812. The van der Waals surface area contributed by atoms with Crippen LogP contribution in [0, 0.1) is 24.3 Å². The van der Waals surface area contributed by atoms with Gasteiger partial charge in [0.1, 0.15) is 23.0 Å². The fourth-order valence-electron chi connectivity index (χ4n) is 4.24. The standard InChI is InChI=1S/C24H18O8/c1-9-7-14(27)17-15(28)8-11(22(30)20(17)21(9)29)16-10(2)23(31-3)18-12(25)5-6-13(26)19(18)24(16)32-4/h5-8,25-26H,1-4H3. The monoisotopic (exact) mass is 434 g/mol. The van der Waals surface area contributed by atoms with Gasteiger partial charge in [0, 0.05) is 22.3 Å². The van der Waals surface area contributed by atoms with Crippen molar-refractivity contribution in [2.24, 2.45) is 0 Å². The number of methoxy groups -OCH3 is 2. The molecule has 8 nitrogen and oxygen atoms in total. The number of hydrogen-bond acceptors (Lipinski definition) is 8. The molecule has 162 valence electrons. The molecule has 2 aromatic rings. The van der Waals surface area contributed by atoms with E-state index >= 15 is 0 Å². The van der Waals surface area contributed by atoms with Gasteiger partial charge in [0.25, 0.3) is 0 Å². The summed E-state index contributed by atoms with van der Waals surface area (Å²) in [7, 11) is 2.65. The van der Waals surface area contributed by atoms with E-state index in [0.717, 1.165) is 12.1 Å². The van der Waals surface area contributed by atoms with E-state index in [9.17, 15) is 29.4 Å². The van der Waals surface area contributed by atoms with Crippen LogP contribution in [0.25, 0.3) is 21.9 Å². The molecule has 0 bridgehead atoms.